The third kappa shape index (κ3) is 5.50. The minimum Gasteiger partial charge on any atom is -0.357 e. The number of nitrogens with one attached hydrogen (secondary N) is 2. The Bertz CT molecular complexity index is 805. The Balaban J connectivity index is 1.51. The van der Waals surface area contributed by atoms with Crippen molar-refractivity contribution < 1.29 is 0 Å². The molecule has 1 unspecified atom stereocenters. The summed E-state index contributed by atoms with van der Waals surface area (Å²) >= 11 is 6.28. The van der Waals surface area contributed by atoms with Crippen molar-refractivity contribution in [3.05, 3.63) is 47.2 Å². The van der Waals surface area contributed by atoms with Crippen LogP contribution in [-0.4, -0.2) is 55.2 Å². The van der Waals surface area contributed by atoms with E-state index in [4.69, 9.17) is 11.6 Å². The number of rotatable bonds is 7. The van der Waals surface area contributed by atoms with Crippen LogP contribution in [0.15, 0.2) is 41.7 Å². The Labute approximate surface area is 178 Å². The number of nitrogens with zero attached hydrogens (tertiary/aromatic N) is 5. The van der Waals surface area contributed by atoms with Crippen molar-refractivity contribution in [2.45, 2.75) is 32.9 Å². The monoisotopic (exact) mass is 415 g/mol. The van der Waals surface area contributed by atoms with Crippen molar-refractivity contribution in [1.29, 1.82) is 0 Å². The molecule has 0 amide bonds. The predicted octanol–water partition coefficient (Wildman–Crippen LogP) is 2.92. The Morgan fingerprint density at radius 3 is 2.76 bits per heavy atom. The van der Waals surface area contributed by atoms with Crippen LogP contribution in [0.1, 0.15) is 25.8 Å². The summed E-state index contributed by atoms with van der Waals surface area (Å²) in [4.78, 5) is 17.8. The Hall–Kier alpha value is -2.54. The second-order valence-corrected chi connectivity index (χ2v) is 7.41. The summed E-state index contributed by atoms with van der Waals surface area (Å²) in [5.74, 6) is 2.65. The number of hydrogen-bond acceptors (Lipinski definition) is 5. The predicted molar refractivity (Wildman–Crippen MR) is 121 cm³/mol. The maximum absolute atomic E-state index is 6.28. The third-order valence-electron chi connectivity index (χ3n) is 5.15. The van der Waals surface area contributed by atoms with Gasteiger partial charge in [-0.1, -0.05) is 17.7 Å². The molecule has 1 saturated heterocycles. The molecule has 29 heavy (non-hydrogen) atoms. The molecule has 0 radical (unpaired) electrons. The molecule has 7 nitrogen and oxygen atoms in total. The lowest BCUT2D eigenvalue weighted by Crippen LogP contribution is -2.44. The molecule has 1 aliphatic rings. The molecule has 2 aromatic heterocycles. The molecule has 0 aliphatic carbocycles. The normalized spacial score (nSPS) is 16.8. The highest BCUT2D eigenvalue weighted by molar-refractivity contribution is 6.32. The number of pyridine rings is 2. The molecular weight excluding hydrogens is 386 g/mol. The summed E-state index contributed by atoms with van der Waals surface area (Å²) in [6.07, 6.45) is 4.71. The lowest BCUT2D eigenvalue weighted by molar-refractivity contribution is 0.648. The molecule has 0 spiro atoms. The fourth-order valence-electron chi connectivity index (χ4n) is 3.51. The van der Waals surface area contributed by atoms with E-state index >= 15 is 0 Å². The van der Waals surface area contributed by atoms with Gasteiger partial charge in [-0.25, -0.2) is 9.97 Å². The van der Waals surface area contributed by atoms with Crippen LogP contribution in [0.25, 0.3) is 0 Å². The maximum Gasteiger partial charge on any atom is 0.191 e. The van der Waals surface area contributed by atoms with Gasteiger partial charge in [0, 0.05) is 58.2 Å². The first-order valence-corrected chi connectivity index (χ1v) is 10.5. The van der Waals surface area contributed by atoms with Gasteiger partial charge in [-0.2, -0.15) is 0 Å². The molecule has 3 heterocycles. The average Bonchev–Trinajstić information content (AvgIpc) is 3.21. The molecular formula is C21H30ClN7. The second-order valence-electron chi connectivity index (χ2n) is 7.01. The van der Waals surface area contributed by atoms with Crippen LogP contribution in [0, 0.1) is 0 Å². The second kappa shape index (κ2) is 10.3. The molecule has 1 fully saturated rings. The van der Waals surface area contributed by atoms with Crippen molar-refractivity contribution in [3.63, 3.8) is 0 Å². The van der Waals surface area contributed by atoms with Crippen molar-refractivity contribution in [3.8, 4) is 0 Å². The van der Waals surface area contributed by atoms with E-state index in [2.05, 4.69) is 61.4 Å². The maximum atomic E-state index is 6.28. The third-order valence-corrected chi connectivity index (χ3v) is 5.44. The van der Waals surface area contributed by atoms with Gasteiger partial charge in [0.25, 0.3) is 0 Å². The van der Waals surface area contributed by atoms with Gasteiger partial charge >= 0.3 is 0 Å². The summed E-state index contributed by atoms with van der Waals surface area (Å²) in [6.45, 7) is 8.64. The summed E-state index contributed by atoms with van der Waals surface area (Å²) in [5.41, 5.74) is 1.12. The summed E-state index contributed by atoms with van der Waals surface area (Å²) in [6, 6.07) is 8.22. The summed E-state index contributed by atoms with van der Waals surface area (Å²) in [5, 5.41) is 7.57. The Kier molecular flexibility index (Phi) is 7.52. The largest absolute Gasteiger partial charge is 0.357 e. The molecule has 3 rings (SSSR count). The minimum absolute atomic E-state index is 0.294. The van der Waals surface area contributed by atoms with Crippen LogP contribution in [0.4, 0.5) is 11.6 Å². The quantitative estimate of drug-likeness (QED) is 0.535. The Morgan fingerprint density at radius 1 is 1.28 bits per heavy atom. The van der Waals surface area contributed by atoms with Crippen molar-refractivity contribution in [1.82, 2.24) is 20.6 Å². The number of aliphatic imine (C=N–C) groups is 1. The molecule has 2 aromatic rings. The Morgan fingerprint density at radius 2 is 2.10 bits per heavy atom. The number of guanidine groups is 1. The van der Waals surface area contributed by atoms with Crippen molar-refractivity contribution in [2.24, 2.45) is 4.99 Å². The van der Waals surface area contributed by atoms with Crippen LogP contribution >= 0.6 is 11.6 Å². The number of aromatic nitrogens is 2. The SMILES string of the molecule is CCN(CC)c1ccc(CNC(=NC)NC2CCN(c3ncccc3Cl)C2)cn1. The van der Waals surface area contributed by atoms with E-state index in [0.29, 0.717) is 17.6 Å². The molecule has 2 N–H and O–H groups in total. The van der Waals surface area contributed by atoms with E-state index < -0.39 is 0 Å². The molecule has 8 heteroatoms. The standard InChI is InChI=1S/C21H30ClN7/c1-4-28(5-2)19-9-8-16(13-25-19)14-26-21(23-3)27-17-10-12-29(15-17)20-18(22)7-6-11-24-20/h6-9,11,13,17H,4-5,10,12,14-15H2,1-3H3,(H2,23,26,27). The topological polar surface area (TPSA) is 68.7 Å². The smallest absolute Gasteiger partial charge is 0.191 e. The lowest BCUT2D eigenvalue weighted by atomic mass is 10.2. The van der Waals surface area contributed by atoms with E-state index in [1.54, 1.807) is 13.2 Å². The lowest BCUT2D eigenvalue weighted by Gasteiger charge is -2.21. The number of hydrogen-bond donors (Lipinski definition) is 2. The van der Waals surface area contributed by atoms with Crippen LogP contribution in [0.2, 0.25) is 5.02 Å². The number of halogens is 1. The zero-order valence-corrected chi connectivity index (χ0v) is 18.2. The van der Waals surface area contributed by atoms with Gasteiger partial charge < -0.3 is 20.4 Å². The van der Waals surface area contributed by atoms with Crippen LogP contribution < -0.4 is 20.4 Å². The summed E-state index contributed by atoms with van der Waals surface area (Å²) in [7, 11) is 1.79. The van der Waals surface area contributed by atoms with E-state index in [-0.39, 0.29) is 0 Å². The van der Waals surface area contributed by atoms with Gasteiger partial charge in [0.1, 0.15) is 11.6 Å². The van der Waals surface area contributed by atoms with Crippen LogP contribution in [-0.2, 0) is 6.54 Å². The number of anilines is 2. The molecule has 156 valence electrons. The van der Waals surface area contributed by atoms with E-state index in [0.717, 1.165) is 55.8 Å². The van der Waals surface area contributed by atoms with Crippen LogP contribution in [0.3, 0.4) is 0 Å². The molecule has 0 saturated carbocycles. The fraction of sp³-hybridized carbons (Fsp3) is 0.476. The van der Waals surface area contributed by atoms with E-state index in [1.165, 1.54) is 0 Å². The molecule has 1 atom stereocenters. The minimum atomic E-state index is 0.294. The van der Waals surface area contributed by atoms with E-state index in [9.17, 15) is 0 Å². The summed E-state index contributed by atoms with van der Waals surface area (Å²) < 4.78 is 0. The first-order valence-electron chi connectivity index (χ1n) is 10.2. The van der Waals surface area contributed by atoms with Crippen LogP contribution in [0.5, 0.6) is 0 Å². The van der Waals surface area contributed by atoms with Gasteiger partial charge in [0.05, 0.1) is 5.02 Å². The molecule has 0 bridgehead atoms. The highest BCUT2D eigenvalue weighted by atomic mass is 35.5. The van der Waals surface area contributed by atoms with E-state index in [1.807, 2.05) is 18.3 Å². The van der Waals surface area contributed by atoms with Gasteiger partial charge in [-0.3, -0.25) is 4.99 Å². The first kappa shape index (κ1) is 21.2. The molecule has 0 aromatic carbocycles. The van der Waals surface area contributed by atoms with Gasteiger partial charge in [-0.05, 0) is 44.0 Å². The van der Waals surface area contributed by atoms with Gasteiger partial charge in [0.15, 0.2) is 5.96 Å². The van der Waals surface area contributed by atoms with Crippen molar-refractivity contribution >= 4 is 29.2 Å². The fourth-order valence-corrected chi connectivity index (χ4v) is 3.75. The van der Waals surface area contributed by atoms with Gasteiger partial charge in [-0.15, -0.1) is 0 Å². The highest BCUT2D eigenvalue weighted by Crippen LogP contribution is 2.25. The highest BCUT2D eigenvalue weighted by Gasteiger charge is 2.25. The van der Waals surface area contributed by atoms with Gasteiger partial charge in [0.2, 0.25) is 0 Å². The average molecular weight is 416 g/mol. The molecule has 1 aliphatic heterocycles. The zero-order valence-electron chi connectivity index (χ0n) is 17.4. The first-order chi connectivity index (χ1) is 14.1. The van der Waals surface area contributed by atoms with Crippen molar-refractivity contribution in [2.75, 3.05) is 43.0 Å². The zero-order chi connectivity index (χ0) is 20.6.